The topological polar surface area (TPSA) is 62.2 Å². The fourth-order valence-electron chi connectivity index (χ4n) is 4.19. The van der Waals surface area contributed by atoms with Gasteiger partial charge in [-0.05, 0) is 43.2 Å². The third-order valence-electron chi connectivity index (χ3n) is 5.78. The van der Waals surface area contributed by atoms with Crippen LogP contribution in [-0.2, 0) is 17.8 Å². The van der Waals surface area contributed by atoms with Gasteiger partial charge in [0, 0.05) is 50.0 Å². The van der Waals surface area contributed by atoms with E-state index in [2.05, 4.69) is 24.8 Å². The van der Waals surface area contributed by atoms with E-state index < -0.39 is 0 Å². The molecule has 2 aromatic heterocycles. The van der Waals surface area contributed by atoms with Gasteiger partial charge in [0.05, 0.1) is 6.54 Å². The summed E-state index contributed by atoms with van der Waals surface area (Å²) in [5.74, 6) is 0.265. The van der Waals surface area contributed by atoms with Gasteiger partial charge in [0.2, 0.25) is 5.91 Å². The molecule has 2 aliphatic heterocycles. The first kappa shape index (κ1) is 17.5. The average molecular weight is 372 g/mol. The van der Waals surface area contributed by atoms with Crippen LogP contribution in [0, 0.1) is 5.41 Å². The highest BCUT2D eigenvalue weighted by Gasteiger charge is 2.41. The van der Waals surface area contributed by atoms with Gasteiger partial charge in [-0.1, -0.05) is 0 Å². The van der Waals surface area contributed by atoms with Gasteiger partial charge < -0.3 is 4.90 Å². The van der Waals surface area contributed by atoms with Crippen LogP contribution in [-0.4, -0.2) is 56.8 Å². The summed E-state index contributed by atoms with van der Waals surface area (Å²) in [5, 5.41) is 3.26. The molecule has 0 unspecified atom stereocenters. The van der Waals surface area contributed by atoms with Crippen LogP contribution in [0.4, 0.5) is 0 Å². The molecule has 1 spiro atoms. The molecule has 6 nitrogen and oxygen atoms in total. The number of amides is 1. The highest BCUT2D eigenvalue weighted by atomic mass is 32.1. The Kier molecular flexibility index (Phi) is 5.26. The van der Waals surface area contributed by atoms with E-state index in [4.69, 9.17) is 0 Å². The summed E-state index contributed by atoms with van der Waals surface area (Å²) in [6.07, 6.45) is 11.8. The van der Waals surface area contributed by atoms with E-state index in [0.29, 0.717) is 11.8 Å². The molecule has 0 atom stereocenters. The van der Waals surface area contributed by atoms with Crippen molar-refractivity contribution in [3.05, 3.63) is 40.9 Å². The Labute approximate surface area is 158 Å². The Morgan fingerprint density at radius 1 is 1.15 bits per heavy atom. The first-order valence-electron chi connectivity index (χ1n) is 9.35. The molecule has 4 heterocycles. The largest absolute Gasteiger partial charge is 0.343 e. The molecule has 7 heteroatoms. The van der Waals surface area contributed by atoms with Crippen LogP contribution >= 0.6 is 11.3 Å². The lowest BCUT2D eigenvalue weighted by Crippen LogP contribution is -2.44. The molecule has 0 radical (unpaired) electrons. The number of carbonyl (C=O) groups excluding carboxylic acids is 1. The van der Waals surface area contributed by atoms with Crippen LogP contribution in [0.15, 0.2) is 30.3 Å². The predicted octanol–water partition coefficient (Wildman–Crippen LogP) is 2.38. The number of rotatable bonds is 5. The second-order valence-corrected chi connectivity index (χ2v) is 8.49. The van der Waals surface area contributed by atoms with E-state index in [9.17, 15) is 4.79 Å². The van der Waals surface area contributed by atoms with Crippen molar-refractivity contribution in [2.75, 3.05) is 26.2 Å². The van der Waals surface area contributed by atoms with Crippen molar-refractivity contribution in [3.8, 4) is 0 Å². The van der Waals surface area contributed by atoms with E-state index >= 15 is 0 Å². The van der Waals surface area contributed by atoms with Crippen LogP contribution in [0.2, 0.25) is 0 Å². The van der Waals surface area contributed by atoms with Crippen LogP contribution < -0.4 is 0 Å². The zero-order valence-corrected chi connectivity index (χ0v) is 15.8. The molecule has 0 saturated carbocycles. The maximum Gasteiger partial charge on any atom is 0.222 e. The maximum absolute atomic E-state index is 12.5. The number of nitrogens with zero attached hydrogens (tertiary/aromatic N) is 5. The molecule has 4 rings (SSSR count). The molecule has 2 aromatic rings. The molecule has 0 aliphatic carbocycles. The van der Waals surface area contributed by atoms with Gasteiger partial charge in [-0.3, -0.25) is 9.69 Å². The van der Waals surface area contributed by atoms with Crippen molar-refractivity contribution in [2.45, 2.75) is 38.6 Å². The number of hydrogen-bond donors (Lipinski definition) is 0. The minimum absolute atomic E-state index is 0.265. The highest BCUT2D eigenvalue weighted by Crippen LogP contribution is 2.41. The number of thiazole rings is 1. The van der Waals surface area contributed by atoms with E-state index in [1.54, 1.807) is 23.7 Å². The molecule has 138 valence electrons. The number of piperidine rings is 1. The third kappa shape index (κ3) is 4.10. The van der Waals surface area contributed by atoms with Gasteiger partial charge in [0.25, 0.3) is 0 Å². The fourth-order valence-corrected chi connectivity index (χ4v) is 4.85. The SMILES string of the molecule is O=C(CCc1cncnc1)N1CCC2(CCN(Cc3nccs3)C2)CC1. The van der Waals surface area contributed by atoms with Crippen LogP contribution in [0.3, 0.4) is 0 Å². The van der Waals surface area contributed by atoms with E-state index in [1.165, 1.54) is 17.8 Å². The van der Waals surface area contributed by atoms with Crippen molar-refractivity contribution in [2.24, 2.45) is 5.41 Å². The van der Waals surface area contributed by atoms with Crippen LogP contribution in [0.25, 0.3) is 0 Å². The zero-order valence-electron chi connectivity index (χ0n) is 15.0. The molecule has 0 bridgehead atoms. The summed E-state index contributed by atoms with van der Waals surface area (Å²) in [4.78, 5) is 29.5. The minimum Gasteiger partial charge on any atom is -0.343 e. The summed E-state index contributed by atoms with van der Waals surface area (Å²) in [5.41, 5.74) is 1.43. The summed E-state index contributed by atoms with van der Waals surface area (Å²) >= 11 is 1.74. The van der Waals surface area contributed by atoms with Crippen LogP contribution in [0.1, 0.15) is 36.3 Å². The molecular weight excluding hydrogens is 346 g/mol. The lowest BCUT2D eigenvalue weighted by molar-refractivity contribution is -0.133. The van der Waals surface area contributed by atoms with E-state index in [-0.39, 0.29) is 5.91 Å². The Hall–Kier alpha value is -1.86. The molecule has 2 fully saturated rings. The Balaban J connectivity index is 1.24. The smallest absolute Gasteiger partial charge is 0.222 e. The van der Waals surface area contributed by atoms with Crippen molar-refractivity contribution < 1.29 is 4.79 Å². The van der Waals surface area contributed by atoms with E-state index in [0.717, 1.165) is 57.5 Å². The van der Waals surface area contributed by atoms with Gasteiger partial charge in [0.1, 0.15) is 11.3 Å². The lowest BCUT2D eigenvalue weighted by Gasteiger charge is -2.39. The molecule has 2 aliphatic rings. The third-order valence-corrected chi connectivity index (χ3v) is 6.54. The number of aryl methyl sites for hydroxylation is 1. The van der Waals surface area contributed by atoms with E-state index in [1.807, 2.05) is 11.6 Å². The molecule has 1 amide bonds. The number of hydrogen-bond acceptors (Lipinski definition) is 6. The summed E-state index contributed by atoms with van der Waals surface area (Å²) in [6, 6.07) is 0. The Morgan fingerprint density at radius 2 is 1.92 bits per heavy atom. The number of carbonyl (C=O) groups is 1. The number of aromatic nitrogens is 3. The highest BCUT2D eigenvalue weighted by molar-refractivity contribution is 7.09. The zero-order chi connectivity index (χ0) is 17.8. The minimum atomic E-state index is 0.265. The van der Waals surface area contributed by atoms with Crippen molar-refractivity contribution in [3.63, 3.8) is 0 Å². The van der Waals surface area contributed by atoms with Gasteiger partial charge in [-0.25, -0.2) is 15.0 Å². The monoisotopic (exact) mass is 371 g/mol. The van der Waals surface area contributed by atoms with Crippen molar-refractivity contribution in [1.82, 2.24) is 24.8 Å². The maximum atomic E-state index is 12.5. The molecule has 26 heavy (non-hydrogen) atoms. The molecular formula is C19H25N5OS. The lowest BCUT2D eigenvalue weighted by atomic mass is 9.77. The molecule has 0 aromatic carbocycles. The van der Waals surface area contributed by atoms with Gasteiger partial charge in [-0.2, -0.15) is 0 Å². The first-order valence-corrected chi connectivity index (χ1v) is 10.2. The van der Waals surface area contributed by atoms with Gasteiger partial charge in [-0.15, -0.1) is 11.3 Å². The standard InChI is InChI=1S/C19H25N5OS/c25-18(2-1-16-11-20-15-21-12-16)24-8-4-19(5-9-24)3-7-23(14-19)13-17-22-6-10-26-17/h6,10-12,15H,1-5,7-9,13-14H2. The Morgan fingerprint density at radius 3 is 2.65 bits per heavy atom. The molecule has 2 saturated heterocycles. The predicted molar refractivity (Wildman–Crippen MR) is 101 cm³/mol. The quantitative estimate of drug-likeness (QED) is 0.807. The van der Waals surface area contributed by atoms with Gasteiger partial charge >= 0.3 is 0 Å². The van der Waals surface area contributed by atoms with Gasteiger partial charge in [0.15, 0.2) is 0 Å². The number of likely N-dealkylation sites (tertiary alicyclic amines) is 2. The normalized spacial score (nSPS) is 19.9. The van der Waals surface area contributed by atoms with Crippen LogP contribution in [0.5, 0.6) is 0 Å². The fraction of sp³-hybridized carbons (Fsp3) is 0.579. The van der Waals surface area contributed by atoms with Crippen molar-refractivity contribution >= 4 is 17.2 Å². The first-order chi connectivity index (χ1) is 12.7. The summed E-state index contributed by atoms with van der Waals surface area (Å²) < 4.78 is 0. The second kappa shape index (κ2) is 7.80. The summed E-state index contributed by atoms with van der Waals surface area (Å²) in [6.45, 7) is 5.07. The average Bonchev–Trinajstić information content (AvgIpc) is 3.32. The van der Waals surface area contributed by atoms with Crippen molar-refractivity contribution in [1.29, 1.82) is 0 Å². The Bertz CT molecular complexity index is 713. The molecule has 0 N–H and O–H groups in total. The summed E-state index contributed by atoms with van der Waals surface area (Å²) in [7, 11) is 0. The second-order valence-electron chi connectivity index (χ2n) is 7.51.